The van der Waals surface area contributed by atoms with Crippen LogP contribution in [-0.4, -0.2) is 90.8 Å². The van der Waals surface area contributed by atoms with Crippen LogP contribution in [0.4, 0.5) is 13.2 Å². The summed E-state index contributed by atoms with van der Waals surface area (Å²) in [5.41, 5.74) is 1.20. The standard InChI is InChI=1S/C19H23N3O4.C2HF3O2/c1-12-13-6-4-5-7-15(13)26-16(12)18(24)22-10-19(11-22)9-21(3)14(8-25-19)17(23)20-2;3-2(4,5)1(6)7/h4-7,14H,8-11H2,1-3H3,(H,20,23);(H,6,7). The van der Waals surface area contributed by atoms with Gasteiger partial charge in [0.2, 0.25) is 5.91 Å². The van der Waals surface area contributed by atoms with E-state index in [0.717, 1.165) is 16.5 Å². The van der Waals surface area contributed by atoms with Crippen molar-refractivity contribution in [2.24, 2.45) is 0 Å². The first-order valence-electron chi connectivity index (χ1n) is 10.0. The van der Waals surface area contributed by atoms with E-state index >= 15 is 0 Å². The second kappa shape index (κ2) is 9.02. The van der Waals surface area contributed by atoms with E-state index in [4.69, 9.17) is 19.1 Å². The van der Waals surface area contributed by atoms with E-state index < -0.39 is 17.7 Å². The summed E-state index contributed by atoms with van der Waals surface area (Å²) in [7, 11) is 3.54. The van der Waals surface area contributed by atoms with E-state index in [1.807, 2.05) is 43.1 Å². The monoisotopic (exact) mass is 471 g/mol. The number of furan rings is 1. The molecular formula is C21H24F3N3O6. The number of aliphatic carboxylic acids is 1. The number of carbonyl (C=O) groups excluding carboxylic acids is 2. The minimum Gasteiger partial charge on any atom is -0.475 e. The summed E-state index contributed by atoms with van der Waals surface area (Å²) >= 11 is 0. The third-order valence-corrected chi connectivity index (χ3v) is 5.69. The highest BCUT2D eigenvalue weighted by atomic mass is 19.4. The van der Waals surface area contributed by atoms with Crippen LogP contribution in [0.3, 0.4) is 0 Å². The minimum absolute atomic E-state index is 0.0486. The molecule has 1 spiro atoms. The van der Waals surface area contributed by atoms with Gasteiger partial charge in [-0.3, -0.25) is 14.5 Å². The maximum absolute atomic E-state index is 12.8. The molecule has 33 heavy (non-hydrogen) atoms. The molecule has 1 unspecified atom stereocenters. The fourth-order valence-electron chi connectivity index (χ4n) is 3.94. The number of carboxylic acid groups (broad SMARTS) is 1. The number of benzene rings is 1. The topological polar surface area (TPSA) is 112 Å². The maximum atomic E-state index is 12.8. The number of rotatable bonds is 2. The van der Waals surface area contributed by atoms with Gasteiger partial charge in [-0.15, -0.1) is 0 Å². The zero-order valence-electron chi connectivity index (χ0n) is 18.2. The molecule has 2 aromatic rings. The van der Waals surface area contributed by atoms with Crippen LogP contribution in [-0.2, 0) is 14.3 Å². The molecule has 2 fully saturated rings. The molecule has 180 valence electrons. The molecule has 2 N–H and O–H groups in total. The maximum Gasteiger partial charge on any atom is 0.490 e. The van der Waals surface area contributed by atoms with Gasteiger partial charge in [-0.05, 0) is 20.0 Å². The quantitative estimate of drug-likeness (QED) is 0.685. The van der Waals surface area contributed by atoms with E-state index in [1.54, 1.807) is 11.9 Å². The Hall–Kier alpha value is -3.12. The molecule has 2 amide bonds. The van der Waals surface area contributed by atoms with Gasteiger partial charge in [-0.2, -0.15) is 13.2 Å². The van der Waals surface area contributed by atoms with Crippen LogP contribution in [0.15, 0.2) is 28.7 Å². The normalized spacial score (nSPS) is 20.1. The minimum atomic E-state index is -5.08. The molecule has 1 aromatic heterocycles. The van der Waals surface area contributed by atoms with Gasteiger partial charge >= 0.3 is 12.1 Å². The van der Waals surface area contributed by atoms with Crippen LogP contribution in [0.2, 0.25) is 0 Å². The van der Waals surface area contributed by atoms with Crippen LogP contribution < -0.4 is 5.32 Å². The molecule has 1 aromatic carbocycles. The highest BCUT2D eigenvalue weighted by Crippen LogP contribution is 2.33. The number of alkyl halides is 3. The fraction of sp³-hybridized carbons (Fsp3) is 0.476. The van der Waals surface area contributed by atoms with Crippen molar-refractivity contribution in [2.45, 2.75) is 24.7 Å². The Morgan fingerprint density at radius 1 is 1.18 bits per heavy atom. The van der Waals surface area contributed by atoms with Crippen LogP contribution in [0.1, 0.15) is 16.1 Å². The number of aryl methyl sites for hydroxylation is 1. The Balaban J connectivity index is 0.000000383. The van der Waals surface area contributed by atoms with Gasteiger partial charge in [0, 0.05) is 24.5 Å². The zero-order chi connectivity index (χ0) is 24.6. The molecule has 2 aliphatic rings. The van der Waals surface area contributed by atoms with Crippen molar-refractivity contribution < 1.29 is 41.8 Å². The number of ether oxygens (including phenoxy) is 1. The number of likely N-dealkylation sites (tertiary alicyclic amines) is 1. The zero-order valence-corrected chi connectivity index (χ0v) is 18.2. The number of hydrogen-bond donors (Lipinski definition) is 2. The molecule has 2 aliphatic heterocycles. The third kappa shape index (κ3) is 4.96. The molecule has 9 nitrogen and oxygen atoms in total. The van der Waals surface area contributed by atoms with Crippen LogP contribution in [0, 0.1) is 6.92 Å². The predicted molar refractivity (Wildman–Crippen MR) is 110 cm³/mol. The van der Waals surface area contributed by atoms with Gasteiger partial charge in [-0.25, -0.2) is 4.79 Å². The Morgan fingerprint density at radius 2 is 1.79 bits per heavy atom. The average molecular weight is 471 g/mol. The number of para-hydroxylation sites is 1. The smallest absolute Gasteiger partial charge is 0.475 e. The van der Waals surface area contributed by atoms with Gasteiger partial charge < -0.3 is 24.5 Å². The lowest BCUT2D eigenvalue weighted by molar-refractivity contribution is -0.192. The Morgan fingerprint density at radius 3 is 2.30 bits per heavy atom. The summed E-state index contributed by atoms with van der Waals surface area (Å²) in [5, 5.41) is 10.7. The number of halogens is 3. The van der Waals surface area contributed by atoms with Crippen molar-refractivity contribution in [1.29, 1.82) is 0 Å². The van der Waals surface area contributed by atoms with E-state index in [9.17, 15) is 22.8 Å². The average Bonchev–Trinajstić information content (AvgIpc) is 3.07. The summed E-state index contributed by atoms with van der Waals surface area (Å²) in [5.74, 6) is -2.52. The number of fused-ring (bicyclic) bond motifs is 1. The number of hydrogen-bond acceptors (Lipinski definition) is 6. The van der Waals surface area contributed by atoms with Crippen molar-refractivity contribution in [3.8, 4) is 0 Å². The number of likely N-dealkylation sites (N-methyl/N-ethyl adjacent to an activating group) is 2. The second-order valence-corrected chi connectivity index (χ2v) is 8.06. The highest BCUT2D eigenvalue weighted by Gasteiger charge is 2.51. The fourth-order valence-corrected chi connectivity index (χ4v) is 3.94. The number of morpholine rings is 1. The molecule has 0 aliphatic carbocycles. The Labute approximate surface area is 187 Å². The third-order valence-electron chi connectivity index (χ3n) is 5.69. The van der Waals surface area contributed by atoms with Gasteiger partial charge in [0.05, 0.1) is 19.7 Å². The van der Waals surface area contributed by atoms with Crippen molar-refractivity contribution in [1.82, 2.24) is 15.1 Å². The summed E-state index contributed by atoms with van der Waals surface area (Å²) in [4.78, 5) is 37.3. The SMILES string of the molecule is CNC(=O)C1COC2(CN(C(=O)c3oc4ccccc4c3C)C2)CN1C.O=C(O)C(F)(F)F. The number of carboxylic acids is 1. The number of carbonyl (C=O) groups is 3. The van der Waals surface area contributed by atoms with Gasteiger partial charge in [-0.1, -0.05) is 18.2 Å². The Bertz CT molecular complexity index is 1060. The summed E-state index contributed by atoms with van der Waals surface area (Å²) in [6.45, 7) is 3.88. The first-order valence-corrected chi connectivity index (χ1v) is 10.0. The molecular weight excluding hydrogens is 447 g/mol. The second-order valence-electron chi connectivity index (χ2n) is 8.06. The highest BCUT2D eigenvalue weighted by molar-refractivity contribution is 5.99. The summed E-state index contributed by atoms with van der Waals surface area (Å²) in [6, 6.07) is 7.38. The Kier molecular flexibility index (Phi) is 6.70. The van der Waals surface area contributed by atoms with E-state index in [2.05, 4.69) is 5.32 Å². The van der Waals surface area contributed by atoms with Crippen molar-refractivity contribution in [3.63, 3.8) is 0 Å². The van der Waals surface area contributed by atoms with Gasteiger partial charge in [0.15, 0.2) is 5.76 Å². The lowest BCUT2D eigenvalue weighted by Gasteiger charge is -2.54. The lowest BCUT2D eigenvalue weighted by Crippen LogP contribution is -2.73. The molecule has 0 bridgehead atoms. The van der Waals surface area contributed by atoms with Crippen molar-refractivity contribution >= 4 is 28.8 Å². The number of nitrogens with one attached hydrogen (secondary N) is 1. The van der Waals surface area contributed by atoms with Crippen molar-refractivity contribution in [3.05, 3.63) is 35.6 Å². The molecule has 2 saturated heterocycles. The van der Waals surface area contributed by atoms with Gasteiger partial charge in [0.25, 0.3) is 5.91 Å². The predicted octanol–water partition coefficient (Wildman–Crippen LogP) is 1.65. The molecule has 3 heterocycles. The van der Waals surface area contributed by atoms with E-state index in [-0.39, 0.29) is 17.9 Å². The molecule has 0 radical (unpaired) electrons. The first kappa shape index (κ1) is 24.5. The number of nitrogens with zero attached hydrogens (tertiary/aromatic N) is 2. The molecule has 4 rings (SSSR count). The van der Waals surface area contributed by atoms with Crippen LogP contribution in [0.25, 0.3) is 11.0 Å². The molecule has 12 heteroatoms. The van der Waals surface area contributed by atoms with E-state index in [1.165, 1.54) is 0 Å². The largest absolute Gasteiger partial charge is 0.490 e. The first-order chi connectivity index (χ1) is 15.4. The van der Waals surface area contributed by atoms with Crippen LogP contribution >= 0.6 is 0 Å². The lowest BCUT2D eigenvalue weighted by atomic mass is 9.90. The number of amides is 2. The molecule has 0 saturated carbocycles. The van der Waals surface area contributed by atoms with E-state index in [0.29, 0.717) is 32.0 Å². The van der Waals surface area contributed by atoms with Crippen LogP contribution in [0.5, 0.6) is 0 Å². The molecule has 1 atom stereocenters. The van der Waals surface area contributed by atoms with Crippen molar-refractivity contribution in [2.75, 3.05) is 40.3 Å². The summed E-state index contributed by atoms with van der Waals surface area (Å²) in [6.07, 6.45) is -5.08. The van der Waals surface area contributed by atoms with Gasteiger partial charge in [0.1, 0.15) is 17.2 Å². The summed E-state index contributed by atoms with van der Waals surface area (Å²) < 4.78 is 43.5.